The molecule has 1 aromatic carbocycles. The van der Waals surface area contributed by atoms with Crippen LogP contribution in [0.15, 0.2) is 24.3 Å². The predicted molar refractivity (Wildman–Crippen MR) is 170 cm³/mol. The fourth-order valence-electron chi connectivity index (χ4n) is 4.01. The molecule has 1 heterocycles. The zero-order valence-electron chi connectivity index (χ0n) is 28.2. The molecule has 47 heavy (non-hydrogen) atoms. The van der Waals surface area contributed by atoms with Crippen molar-refractivity contribution >= 4 is 17.8 Å². The summed E-state index contributed by atoms with van der Waals surface area (Å²) in [5.41, 5.74) is 0.398. The minimum Gasteiger partial charge on any atom is -0.460 e. The summed E-state index contributed by atoms with van der Waals surface area (Å²) in [6.07, 6.45) is 0.225. The van der Waals surface area contributed by atoms with E-state index < -0.39 is 5.60 Å². The molecule has 0 fully saturated rings. The first-order chi connectivity index (χ1) is 22.8. The third-order valence-electron chi connectivity index (χ3n) is 6.18. The van der Waals surface area contributed by atoms with Crippen molar-refractivity contribution in [3.63, 3.8) is 0 Å². The van der Waals surface area contributed by atoms with Crippen LogP contribution in [-0.2, 0) is 52.2 Å². The van der Waals surface area contributed by atoms with Gasteiger partial charge in [0, 0.05) is 0 Å². The highest BCUT2D eigenvalue weighted by Gasteiger charge is 2.34. The lowest BCUT2D eigenvalue weighted by molar-refractivity contribution is -0.156. The number of amides is 2. The number of hydrogen-bond acceptors (Lipinski definition) is 13. The standard InChI is InChI=1S/C33H53NO13/c1-33(2,3)47-30(35)8-10-38-12-14-40-16-18-42-20-22-44-24-26-46-27-25-45-23-21-43-19-17-41-15-13-39-11-9-34-31(36)28-6-4-5-7-29(28)32(34)37/h4-7H,8-27H2,1-3H3. The van der Waals surface area contributed by atoms with Crippen LogP contribution in [0.5, 0.6) is 0 Å². The minimum absolute atomic E-state index is 0.211. The maximum Gasteiger partial charge on any atom is 0.308 e. The van der Waals surface area contributed by atoms with E-state index in [9.17, 15) is 14.4 Å². The van der Waals surface area contributed by atoms with Crippen molar-refractivity contribution in [3.05, 3.63) is 35.4 Å². The van der Waals surface area contributed by atoms with Gasteiger partial charge in [-0.15, -0.1) is 0 Å². The third kappa shape index (κ3) is 19.8. The molecular weight excluding hydrogens is 618 g/mol. The van der Waals surface area contributed by atoms with Crippen LogP contribution >= 0.6 is 0 Å². The molecule has 0 atom stereocenters. The van der Waals surface area contributed by atoms with Crippen LogP contribution in [0.2, 0.25) is 0 Å². The highest BCUT2D eigenvalue weighted by atomic mass is 16.6. The smallest absolute Gasteiger partial charge is 0.308 e. The van der Waals surface area contributed by atoms with Gasteiger partial charge in [-0.3, -0.25) is 19.3 Å². The van der Waals surface area contributed by atoms with Crippen molar-refractivity contribution in [2.45, 2.75) is 32.8 Å². The van der Waals surface area contributed by atoms with Crippen molar-refractivity contribution in [1.82, 2.24) is 4.90 Å². The SMILES string of the molecule is CC(C)(C)OC(=O)CCOCCOCCOCCOCCOCCOCCOCCOCCOCCN1C(=O)c2ccccc2C1=O. The fourth-order valence-corrected chi connectivity index (χ4v) is 4.01. The Morgan fingerprint density at radius 3 is 1.13 bits per heavy atom. The predicted octanol–water partition coefficient (Wildman–Crippen LogP) is 2.16. The molecule has 0 N–H and O–H groups in total. The van der Waals surface area contributed by atoms with Crippen LogP contribution in [-0.4, -0.2) is 154 Å². The number of benzene rings is 1. The van der Waals surface area contributed by atoms with Crippen molar-refractivity contribution in [2.24, 2.45) is 0 Å². The second-order valence-corrected chi connectivity index (χ2v) is 11.2. The van der Waals surface area contributed by atoms with Gasteiger partial charge >= 0.3 is 5.97 Å². The molecule has 0 aromatic heterocycles. The van der Waals surface area contributed by atoms with E-state index in [4.69, 9.17) is 47.4 Å². The highest BCUT2D eigenvalue weighted by Crippen LogP contribution is 2.21. The van der Waals surface area contributed by atoms with Gasteiger partial charge in [0.2, 0.25) is 0 Å². The van der Waals surface area contributed by atoms with E-state index in [0.29, 0.717) is 123 Å². The average Bonchev–Trinajstić information content (AvgIpc) is 3.28. The zero-order valence-corrected chi connectivity index (χ0v) is 28.2. The van der Waals surface area contributed by atoms with E-state index in [2.05, 4.69) is 0 Å². The summed E-state index contributed by atoms with van der Waals surface area (Å²) in [6, 6.07) is 6.81. The fraction of sp³-hybridized carbons (Fsp3) is 0.727. The molecule has 268 valence electrons. The zero-order chi connectivity index (χ0) is 34.0. The molecule has 0 spiro atoms. The third-order valence-corrected chi connectivity index (χ3v) is 6.18. The average molecular weight is 672 g/mol. The van der Waals surface area contributed by atoms with Crippen molar-refractivity contribution < 1.29 is 61.8 Å². The van der Waals surface area contributed by atoms with E-state index in [1.165, 1.54) is 4.90 Å². The van der Waals surface area contributed by atoms with Crippen molar-refractivity contribution in [3.8, 4) is 0 Å². The Labute approximate surface area is 278 Å². The lowest BCUT2D eigenvalue weighted by Crippen LogP contribution is -2.33. The van der Waals surface area contributed by atoms with Crippen LogP contribution in [0.3, 0.4) is 0 Å². The van der Waals surface area contributed by atoms with Gasteiger partial charge in [-0.05, 0) is 32.9 Å². The molecule has 1 aromatic rings. The van der Waals surface area contributed by atoms with Crippen LogP contribution in [0.25, 0.3) is 0 Å². The molecule has 2 rings (SSSR count). The van der Waals surface area contributed by atoms with E-state index >= 15 is 0 Å². The van der Waals surface area contributed by atoms with E-state index in [0.717, 1.165) is 0 Å². The number of carbonyl (C=O) groups is 3. The molecule has 0 saturated heterocycles. The molecule has 0 aliphatic carbocycles. The lowest BCUT2D eigenvalue weighted by atomic mass is 10.1. The van der Waals surface area contributed by atoms with Gasteiger partial charge in [0.05, 0.1) is 143 Å². The Bertz CT molecular complexity index is 966. The number of fused-ring (bicyclic) bond motifs is 1. The summed E-state index contributed by atoms with van der Waals surface area (Å²) in [7, 11) is 0. The Morgan fingerprint density at radius 1 is 0.511 bits per heavy atom. The molecule has 14 nitrogen and oxygen atoms in total. The number of ether oxygens (including phenoxy) is 10. The number of rotatable bonds is 30. The van der Waals surface area contributed by atoms with E-state index in [1.807, 2.05) is 20.8 Å². The van der Waals surface area contributed by atoms with E-state index in [1.54, 1.807) is 24.3 Å². The molecule has 2 amide bonds. The Kier molecular flexibility index (Phi) is 22.0. The summed E-state index contributed by atoms with van der Waals surface area (Å²) in [6.45, 7) is 13.4. The van der Waals surface area contributed by atoms with Crippen molar-refractivity contribution in [2.75, 3.05) is 125 Å². The van der Waals surface area contributed by atoms with Gasteiger partial charge in [-0.1, -0.05) is 12.1 Å². The first-order valence-electron chi connectivity index (χ1n) is 16.2. The van der Waals surface area contributed by atoms with Gasteiger partial charge < -0.3 is 47.4 Å². The number of nitrogens with zero attached hydrogens (tertiary/aromatic N) is 1. The highest BCUT2D eigenvalue weighted by molar-refractivity contribution is 6.21. The summed E-state index contributed by atoms with van der Waals surface area (Å²) in [5, 5.41) is 0. The molecule has 0 saturated carbocycles. The largest absolute Gasteiger partial charge is 0.460 e. The molecule has 14 heteroatoms. The quantitative estimate of drug-likeness (QED) is 0.0669. The number of carbonyl (C=O) groups excluding carboxylic acids is 3. The number of esters is 1. The normalized spacial score (nSPS) is 13.0. The number of imide groups is 1. The van der Waals surface area contributed by atoms with Gasteiger partial charge in [-0.25, -0.2) is 0 Å². The summed E-state index contributed by atoms with van der Waals surface area (Å²) in [4.78, 5) is 37.4. The molecule has 1 aliphatic rings. The second kappa shape index (κ2) is 25.5. The maximum absolute atomic E-state index is 12.3. The van der Waals surface area contributed by atoms with Gasteiger partial charge in [0.25, 0.3) is 11.8 Å². The van der Waals surface area contributed by atoms with Gasteiger partial charge in [0.1, 0.15) is 5.60 Å². The lowest BCUT2D eigenvalue weighted by Gasteiger charge is -2.19. The first-order valence-corrected chi connectivity index (χ1v) is 16.2. The van der Waals surface area contributed by atoms with Crippen LogP contribution in [0, 0.1) is 0 Å². The summed E-state index contributed by atoms with van der Waals surface area (Å²) in [5.74, 6) is -0.833. The van der Waals surface area contributed by atoms with Crippen LogP contribution in [0.4, 0.5) is 0 Å². The molecular formula is C33H53NO13. The van der Waals surface area contributed by atoms with Crippen LogP contribution < -0.4 is 0 Å². The second-order valence-electron chi connectivity index (χ2n) is 11.2. The molecule has 0 bridgehead atoms. The Morgan fingerprint density at radius 2 is 0.809 bits per heavy atom. The number of hydrogen-bond donors (Lipinski definition) is 0. The summed E-state index contributed by atoms with van der Waals surface area (Å²) >= 11 is 0. The molecule has 1 aliphatic heterocycles. The van der Waals surface area contributed by atoms with Gasteiger partial charge in [0.15, 0.2) is 0 Å². The maximum atomic E-state index is 12.3. The van der Waals surface area contributed by atoms with Gasteiger partial charge in [-0.2, -0.15) is 0 Å². The molecule has 0 radical (unpaired) electrons. The first kappa shape index (κ1) is 40.6. The topological polar surface area (TPSA) is 147 Å². The monoisotopic (exact) mass is 671 g/mol. The minimum atomic E-state index is -0.480. The summed E-state index contributed by atoms with van der Waals surface area (Å²) < 4.78 is 54.2. The van der Waals surface area contributed by atoms with E-state index in [-0.39, 0.29) is 37.4 Å². The van der Waals surface area contributed by atoms with Crippen LogP contribution in [0.1, 0.15) is 47.9 Å². The Balaban J connectivity index is 1.20. The van der Waals surface area contributed by atoms with Crippen molar-refractivity contribution in [1.29, 1.82) is 0 Å². The Hall–Kier alpha value is -2.53. The molecule has 0 unspecified atom stereocenters.